The molecule has 1 atom stereocenters. The van der Waals surface area contributed by atoms with Crippen LogP contribution in [0.4, 0.5) is 13.2 Å². The van der Waals surface area contributed by atoms with E-state index in [4.69, 9.17) is 58.0 Å². The van der Waals surface area contributed by atoms with Gasteiger partial charge in [-0.25, -0.2) is 13.2 Å². The maximum absolute atomic E-state index is 12.5. The van der Waals surface area contributed by atoms with Crippen molar-refractivity contribution in [2.24, 2.45) is 0 Å². The second-order valence-electron chi connectivity index (χ2n) is 1.86. The molecule has 0 heterocycles. The summed E-state index contributed by atoms with van der Waals surface area (Å²) in [5.74, 6) is 0. The number of alkyl halides is 8. The van der Waals surface area contributed by atoms with Crippen molar-refractivity contribution < 1.29 is 13.2 Å². The van der Waals surface area contributed by atoms with E-state index in [1.165, 1.54) is 0 Å². The highest BCUT2D eigenvalue weighted by Gasteiger charge is 2.55. The van der Waals surface area contributed by atoms with E-state index in [2.05, 4.69) is 0 Å². The Morgan fingerprint density at radius 1 is 0.833 bits per heavy atom. The maximum Gasteiger partial charge on any atom is 0.272 e. The van der Waals surface area contributed by atoms with E-state index in [1.54, 1.807) is 0 Å². The summed E-state index contributed by atoms with van der Waals surface area (Å²) in [5, 5.41) is 0. The van der Waals surface area contributed by atoms with Gasteiger partial charge in [-0.3, -0.25) is 0 Å². The summed E-state index contributed by atoms with van der Waals surface area (Å²) in [6.07, 6.45) is -6.33. The fourth-order valence-corrected chi connectivity index (χ4v) is 0.818. The van der Waals surface area contributed by atoms with Gasteiger partial charge in [0.1, 0.15) is 0 Å². The van der Waals surface area contributed by atoms with Crippen LogP contribution in [-0.2, 0) is 0 Å². The molecule has 8 heteroatoms. The minimum Gasteiger partial charge on any atom is -0.238 e. The molecule has 0 radical (unpaired) electrons. The van der Waals surface area contributed by atoms with Crippen molar-refractivity contribution in [3.63, 3.8) is 0 Å². The first kappa shape index (κ1) is 13.2. The van der Waals surface area contributed by atoms with Crippen LogP contribution in [0, 0.1) is 0 Å². The second kappa shape index (κ2) is 4.18. The zero-order chi connectivity index (χ0) is 10.2. The number of rotatable bonds is 2. The molecule has 0 aliphatic carbocycles. The summed E-state index contributed by atoms with van der Waals surface area (Å²) in [6, 6.07) is 0. The Kier molecular flexibility index (Phi) is 4.61. The standard InChI is InChI=1S/C4H2Cl5F3/c5-3(6,4(7,8)9)1(10)2(11)12/h1-2H. The Bertz CT molecular complexity index is 153. The van der Waals surface area contributed by atoms with Crippen LogP contribution in [-0.4, -0.2) is 20.7 Å². The van der Waals surface area contributed by atoms with Crippen molar-refractivity contribution in [1.29, 1.82) is 0 Å². The molecule has 12 heavy (non-hydrogen) atoms. The molecule has 0 saturated carbocycles. The quantitative estimate of drug-likeness (QED) is 0.669. The second-order valence-corrected chi connectivity index (χ2v) is 5.52. The summed E-state index contributed by atoms with van der Waals surface area (Å²) < 4.78 is 30.7. The zero-order valence-electron chi connectivity index (χ0n) is 5.18. The third-order valence-electron chi connectivity index (χ3n) is 0.946. The van der Waals surface area contributed by atoms with Crippen LogP contribution in [0.15, 0.2) is 0 Å². The monoisotopic (exact) mass is 282 g/mol. The molecule has 74 valence electrons. The fourth-order valence-electron chi connectivity index (χ4n) is 0.315. The van der Waals surface area contributed by atoms with E-state index >= 15 is 0 Å². The molecule has 1 unspecified atom stereocenters. The van der Waals surface area contributed by atoms with E-state index in [0.29, 0.717) is 0 Å². The highest BCUT2D eigenvalue weighted by atomic mass is 35.6. The average molecular weight is 284 g/mol. The summed E-state index contributed by atoms with van der Waals surface area (Å²) in [6.45, 7) is 0. The Hall–Kier alpha value is 1.24. The molecule has 0 saturated heterocycles. The van der Waals surface area contributed by atoms with Gasteiger partial charge in [0.2, 0.25) is 8.13 Å². The Balaban J connectivity index is 4.61. The fraction of sp³-hybridized carbons (Fsp3) is 1.00. The molecule has 0 aromatic heterocycles. The van der Waals surface area contributed by atoms with Gasteiger partial charge in [-0.2, -0.15) is 0 Å². The van der Waals surface area contributed by atoms with Crippen LogP contribution in [0.25, 0.3) is 0 Å². The molecule has 0 nitrogen and oxygen atoms in total. The van der Waals surface area contributed by atoms with Crippen molar-refractivity contribution in [2.75, 3.05) is 0 Å². The summed E-state index contributed by atoms with van der Waals surface area (Å²) in [7, 11) is 0. The molecular formula is C4H2Cl5F3. The lowest BCUT2D eigenvalue weighted by atomic mass is 10.3. The molecule has 0 aromatic rings. The van der Waals surface area contributed by atoms with Crippen molar-refractivity contribution in [1.82, 2.24) is 0 Å². The minimum atomic E-state index is -3.41. The normalized spacial score (nSPS) is 16.8. The van der Waals surface area contributed by atoms with Gasteiger partial charge in [-0.15, -0.1) is 0 Å². The number of hydrogen-bond donors (Lipinski definition) is 0. The van der Waals surface area contributed by atoms with Gasteiger partial charge in [0.25, 0.3) is 6.43 Å². The van der Waals surface area contributed by atoms with Gasteiger partial charge >= 0.3 is 0 Å². The molecular weight excluding hydrogens is 282 g/mol. The van der Waals surface area contributed by atoms with Gasteiger partial charge < -0.3 is 0 Å². The SMILES string of the molecule is FC(F)C(F)C(Cl)(Cl)C(Cl)(Cl)Cl. The number of hydrogen-bond acceptors (Lipinski definition) is 0. The average Bonchev–Trinajstić information content (AvgIpc) is 1.83. The van der Waals surface area contributed by atoms with Gasteiger partial charge in [0, 0.05) is 0 Å². The van der Waals surface area contributed by atoms with Gasteiger partial charge in [-0.1, -0.05) is 58.0 Å². The largest absolute Gasteiger partial charge is 0.272 e. The van der Waals surface area contributed by atoms with Crippen LogP contribution in [0.2, 0.25) is 0 Å². The smallest absolute Gasteiger partial charge is 0.238 e. The summed E-state index contributed by atoms with van der Waals surface area (Å²) in [4.78, 5) is 0. The highest BCUT2D eigenvalue weighted by Crippen LogP contribution is 2.50. The van der Waals surface area contributed by atoms with Gasteiger partial charge in [0.15, 0.2) is 6.17 Å². The van der Waals surface area contributed by atoms with E-state index in [1.807, 2.05) is 0 Å². The topological polar surface area (TPSA) is 0 Å². The number of halogens is 8. The predicted octanol–water partition coefficient (Wildman–Crippen LogP) is 4.13. The van der Waals surface area contributed by atoms with E-state index < -0.39 is 20.7 Å². The molecule has 0 fully saturated rings. The van der Waals surface area contributed by atoms with Crippen LogP contribution in [0.1, 0.15) is 0 Å². The Morgan fingerprint density at radius 3 is 1.25 bits per heavy atom. The lowest BCUT2D eigenvalue weighted by molar-refractivity contribution is 0.0414. The first-order valence-electron chi connectivity index (χ1n) is 2.47. The van der Waals surface area contributed by atoms with Crippen LogP contribution in [0.3, 0.4) is 0 Å². The lowest BCUT2D eigenvalue weighted by Gasteiger charge is -2.29. The van der Waals surface area contributed by atoms with Crippen LogP contribution in [0.5, 0.6) is 0 Å². The minimum absolute atomic E-state index is 2.51. The third kappa shape index (κ3) is 2.88. The molecule has 0 rings (SSSR count). The molecule has 0 aromatic carbocycles. The molecule has 0 amide bonds. The molecule has 0 bridgehead atoms. The highest BCUT2D eigenvalue weighted by molar-refractivity contribution is 6.75. The zero-order valence-corrected chi connectivity index (χ0v) is 8.96. The van der Waals surface area contributed by atoms with Gasteiger partial charge in [0.05, 0.1) is 0 Å². The van der Waals surface area contributed by atoms with Crippen LogP contribution >= 0.6 is 58.0 Å². The van der Waals surface area contributed by atoms with Gasteiger partial charge in [-0.05, 0) is 0 Å². The summed E-state index contributed by atoms with van der Waals surface area (Å²) in [5.41, 5.74) is 0. The predicted molar refractivity (Wildman–Crippen MR) is 45.6 cm³/mol. The molecule has 0 spiro atoms. The maximum atomic E-state index is 12.5. The van der Waals surface area contributed by atoms with E-state index in [0.717, 1.165) is 0 Å². The first-order valence-corrected chi connectivity index (χ1v) is 4.36. The van der Waals surface area contributed by atoms with E-state index in [-0.39, 0.29) is 0 Å². The van der Waals surface area contributed by atoms with Crippen LogP contribution < -0.4 is 0 Å². The first-order chi connectivity index (χ1) is 5.10. The Labute approximate surface area is 91.8 Å². The molecule has 0 aliphatic rings. The van der Waals surface area contributed by atoms with E-state index in [9.17, 15) is 13.2 Å². The third-order valence-corrected chi connectivity index (χ3v) is 3.40. The Morgan fingerprint density at radius 2 is 1.17 bits per heavy atom. The lowest BCUT2D eigenvalue weighted by Crippen LogP contribution is -2.44. The van der Waals surface area contributed by atoms with Crippen molar-refractivity contribution in [3.05, 3.63) is 0 Å². The van der Waals surface area contributed by atoms with Crippen molar-refractivity contribution in [3.8, 4) is 0 Å². The molecule has 0 aliphatic heterocycles. The summed E-state index contributed by atoms with van der Waals surface area (Å²) >= 11 is 25.3. The van der Waals surface area contributed by atoms with Crippen molar-refractivity contribution in [2.45, 2.75) is 20.7 Å². The van der Waals surface area contributed by atoms with Crippen molar-refractivity contribution >= 4 is 58.0 Å². The molecule has 0 N–H and O–H groups in total.